The van der Waals surface area contributed by atoms with E-state index in [1.165, 1.54) is 12.2 Å². The molecule has 1 rings (SSSR count). The molecule has 0 aliphatic heterocycles. The van der Waals surface area contributed by atoms with Crippen LogP contribution in [0.2, 0.25) is 0 Å². The minimum atomic E-state index is -0.949. The molecular formula is C9H13ClFNO. The Kier molecular flexibility index (Phi) is 3.33. The van der Waals surface area contributed by atoms with Gasteiger partial charge >= 0.3 is 0 Å². The molecule has 0 spiro atoms. The molecule has 1 aliphatic carbocycles. The van der Waals surface area contributed by atoms with Gasteiger partial charge in [-0.2, -0.15) is 0 Å². The monoisotopic (exact) mass is 205 g/mol. The van der Waals surface area contributed by atoms with Crippen LogP contribution in [0.3, 0.4) is 0 Å². The van der Waals surface area contributed by atoms with Crippen LogP contribution in [0.5, 0.6) is 0 Å². The second kappa shape index (κ2) is 4.11. The molecule has 4 heteroatoms. The van der Waals surface area contributed by atoms with Crippen molar-refractivity contribution in [2.24, 2.45) is 5.73 Å². The molecule has 13 heavy (non-hydrogen) atoms. The fourth-order valence-corrected chi connectivity index (χ4v) is 1.35. The molecule has 0 saturated carbocycles. The third-order valence-electron chi connectivity index (χ3n) is 1.75. The van der Waals surface area contributed by atoms with Crippen molar-refractivity contribution < 1.29 is 9.13 Å². The van der Waals surface area contributed by atoms with Crippen molar-refractivity contribution in [1.82, 2.24) is 0 Å². The standard InChI is InChI=1S/C9H13ClFNO/c1-2-5-13-9(10)4-3-7(11)8(12)6-9/h3,6H,2,4-5,12H2,1H3. The number of alkyl halides is 1. The van der Waals surface area contributed by atoms with Gasteiger partial charge in [0.2, 0.25) is 0 Å². The Labute approximate surface area is 82.2 Å². The maximum atomic E-state index is 12.8. The molecule has 2 nitrogen and oxygen atoms in total. The van der Waals surface area contributed by atoms with Crippen LogP contribution < -0.4 is 5.73 Å². The summed E-state index contributed by atoms with van der Waals surface area (Å²) < 4.78 is 18.1. The maximum absolute atomic E-state index is 12.8. The number of allylic oxidation sites excluding steroid dienone is 1. The van der Waals surface area contributed by atoms with Crippen LogP contribution in [0.1, 0.15) is 19.8 Å². The summed E-state index contributed by atoms with van der Waals surface area (Å²) in [6, 6.07) is 0. The summed E-state index contributed by atoms with van der Waals surface area (Å²) in [4.78, 5) is 0. The Morgan fingerprint density at radius 2 is 2.46 bits per heavy atom. The fourth-order valence-electron chi connectivity index (χ4n) is 1.08. The molecular weight excluding hydrogens is 193 g/mol. The Hall–Kier alpha value is -0.540. The summed E-state index contributed by atoms with van der Waals surface area (Å²) in [5.74, 6) is -0.420. The van der Waals surface area contributed by atoms with E-state index < -0.39 is 10.9 Å². The number of ether oxygens (including phenoxy) is 1. The molecule has 1 aliphatic rings. The summed E-state index contributed by atoms with van der Waals surface area (Å²) in [6.07, 6.45) is 3.95. The van der Waals surface area contributed by atoms with E-state index in [2.05, 4.69) is 0 Å². The molecule has 0 aromatic rings. The zero-order valence-corrected chi connectivity index (χ0v) is 8.27. The molecule has 0 aromatic carbocycles. The van der Waals surface area contributed by atoms with Gasteiger partial charge < -0.3 is 10.5 Å². The molecule has 1 unspecified atom stereocenters. The third-order valence-corrected chi connectivity index (χ3v) is 2.13. The van der Waals surface area contributed by atoms with E-state index in [9.17, 15) is 4.39 Å². The van der Waals surface area contributed by atoms with Crippen molar-refractivity contribution in [1.29, 1.82) is 0 Å². The smallest absolute Gasteiger partial charge is 0.166 e. The first-order valence-electron chi connectivity index (χ1n) is 4.24. The predicted molar refractivity (Wildman–Crippen MR) is 50.9 cm³/mol. The van der Waals surface area contributed by atoms with Gasteiger partial charge in [-0.05, 0) is 18.6 Å². The Morgan fingerprint density at radius 1 is 1.77 bits per heavy atom. The number of halogens is 2. The Morgan fingerprint density at radius 3 is 3.00 bits per heavy atom. The van der Waals surface area contributed by atoms with Gasteiger partial charge in [-0.15, -0.1) is 0 Å². The van der Waals surface area contributed by atoms with Crippen LogP contribution in [-0.2, 0) is 4.74 Å². The first-order chi connectivity index (χ1) is 6.07. The van der Waals surface area contributed by atoms with Gasteiger partial charge in [0.15, 0.2) is 5.06 Å². The summed E-state index contributed by atoms with van der Waals surface area (Å²) in [5.41, 5.74) is 5.43. The van der Waals surface area contributed by atoms with Crippen molar-refractivity contribution in [3.05, 3.63) is 23.7 Å². The summed E-state index contributed by atoms with van der Waals surface area (Å²) in [7, 11) is 0. The minimum absolute atomic E-state index is 0.0531. The molecule has 2 N–H and O–H groups in total. The number of hydrogen-bond acceptors (Lipinski definition) is 2. The first-order valence-corrected chi connectivity index (χ1v) is 4.62. The highest BCUT2D eigenvalue weighted by Crippen LogP contribution is 2.31. The zero-order valence-electron chi connectivity index (χ0n) is 7.52. The van der Waals surface area contributed by atoms with Gasteiger partial charge in [-0.1, -0.05) is 18.5 Å². The normalized spacial score (nSPS) is 28.2. The van der Waals surface area contributed by atoms with Crippen LogP contribution in [0.15, 0.2) is 23.7 Å². The molecule has 0 amide bonds. The molecule has 0 heterocycles. The topological polar surface area (TPSA) is 35.2 Å². The van der Waals surface area contributed by atoms with Gasteiger partial charge in [-0.3, -0.25) is 0 Å². The quantitative estimate of drug-likeness (QED) is 0.719. The van der Waals surface area contributed by atoms with E-state index in [1.807, 2.05) is 6.92 Å². The summed E-state index contributed by atoms with van der Waals surface area (Å²) >= 11 is 6.02. The lowest BCUT2D eigenvalue weighted by molar-refractivity contribution is 0.0539. The van der Waals surface area contributed by atoms with Crippen molar-refractivity contribution >= 4 is 11.6 Å². The van der Waals surface area contributed by atoms with Gasteiger partial charge in [0, 0.05) is 13.0 Å². The molecule has 0 bridgehead atoms. The molecule has 0 aromatic heterocycles. The van der Waals surface area contributed by atoms with E-state index >= 15 is 0 Å². The Balaban J connectivity index is 2.64. The average molecular weight is 206 g/mol. The molecule has 0 saturated heterocycles. The van der Waals surface area contributed by atoms with E-state index in [4.69, 9.17) is 22.1 Å². The average Bonchev–Trinajstić information content (AvgIpc) is 2.09. The maximum Gasteiger partial charge on any atom is 0.166 e. The van der Waals surface area contributed by atoms with E-state index in [0.717, 1.165) is 6.42 Å². The predicted octanol–water partition coefficient (Wildman–Crippen LogP) is 2.45. The first kappa shape index (κ1) is 10.5. The molecule has 0 fully saturated rings. The lowest BCUT2D eigenvalue weighted by Gasteiger charge is -2.25. The van der Waals surface area contributed by atoms with Crippen molar-refractivity contribution in [2.45, 2.75) is 24.8 Å². The molecule has 74 valence electrons. The van der Waals surface area contributed by atoms with E-state index in [0.29, 0.717) is 13.0 Å². The lowest BCUT2D eigenvalue weighted by Crippen LogP contribution is -2.27. The van der Waals surface area contributed by atoms with Crippen LogP contribution in [-0.4, -0.2) is 11.7 Å². The highest BCUT2D eigenvalue weighted by molar-refractivity contribution is 6.24. The second-order valence-corrected chi connectivity index (χ2v) is 3.63. The summed E-state index contributed by atoms with van der Waals surface area (Å²) in [5, 5.41) is -0.949. The van der Waals surface area contributed by atoms with Gasteiger partial charge in [-0.25, -0.2) is 4.39 Å². The minimum Gasteiger partial charge on any atom is -0.397 e. The SMILES string of the molecule is CCCOC1(Cl)C=C(N)C(F)=CC1. The van der Waals surface area contributed by atoms with Crippen molar-refractivity contribution in [2.75, 3.05) is 6.61 Å². The fraction of sp³-hybridized carbons (Fsp3) is 0.556. The van der Waals surface area contributed by atoms with E-state index in [-0.39, 0.29) is 5.70 Å². The second-order valence-electron chi connectivity index (χ2n) is 2.99. The van der Waals surface area contributed by atoms with Gasteiger partial charge in [0.05, 0.1) is 5.70 Å². The van der Waals surface area contributed by atoms with Crippen LogP contribution in [0, 0.1) is 0 Å². The zero-order chi connectivity index (χ0) is 9.90. The van der Waals surface area contributed by atoms with Crippen molar-refractivity contribution in [3.63, 3.8) is 0 Å². The van der Waals surface area contributed by atoms with E-state index in [1.54, 1.807) is 0 Å². The Bertz CT molecular complexity index is 252. The van der Waals surface area contributed by atoms with Crippen molar-refractivity contribution in [3.8, 4) is 0 Å². The lowest BCUT2D eigenvalue weighted by atomic mass is 10.1. The highest BCUT2D eigenvalue weighted by Gasteiger charge is 2.28. The summed E-state index contributed by atoms with van der Waals surface area (Å²) in [6.45, 7) is 2.52. The van der Waals surface area contributed by atoms with Crippen LogP contribution in [0.25, 0.3) is 0 Å². The third kappa shape index (κ3) is 2.71. The molecule has 0 radical (unpaired) electrons. The largest absolute Gasteiger partial charge is 0.397 e. The highest BCUT2D eigenvalue weighted by atomic mass is 35.5. The number of rotatable bonds is 3. The molecule has 1 atom stereocenters. The number of nitrogens with two attached hydrogens (primary N) is 1. The number of hydrogen-bond donors (Lipinski definition) is 1. The van der Waals surface area contributed by atoms with Gasteiger partial charge in [0.25, 0.3) is 0 Å². The van der Waals surface area contributed by atoms with Crippen LogP contribution >= 0.6 is 11.6 Å². The van der Waals surface area contributed by atoms with Gasteiger partial charge in [0.1, 0.15) is 5.83 Å². The van der Waals surface area contributed by atoms with Crippen LogP contribution in [0.4, 0.5) is 4.39 Å².